The summed E-state index contributed by atoms with van der Waals surface area (Å²) in [6.07, 6.45) is 4.19. The zero-order valence-electron chi connectivity index (χ0n) is 17.8. The summed E-state index contributed by atoms with van der Waals surface area (Å²) >= 11 is 1.60. The molecule has 2 heterocycles. The molecular weight excluding hydrogens is 425 g/mol. The first-order valence-corrected chi connectivity index (χ1v) is 11.5. The molecule has 32 heavy (non-hydrogen) atoms. The van der Waals surface area contributed by atoms with E-state index in [1.54, 1.807) is 35.4 Å². The minimum atomic E-state index is -0.182. The summed E-state index contributed by atoms with van der Waals surface area (Å²) in [5.74, 6) is 0.578. The fourth-order valence-corrected chi connectivity index (χ4v) is 5.66. The van der Waals surface area contributed by atoms with E-state index in [9.17, 15) is 9.18 Å². The number of rotatable bonds is 6. The average Bonchev–Trinajstić information content (AvgIpc) is 3.19. The van der Waals surface area contributed by atoms with Gasteiger partial charge in [-0.05, 0) is 37.0 Å². The van der Waals surface area contributed by atoms with Crippen LogP contribution in [0.3, 0.4) is 0 Å². The fourth-order valence-electron chi connectivity index (χ4n) is 4.40. The lowest BCUT2D eigenvalue weighted by molar-refractivity contribution is 0.408. The van der Waals surface area contributed by atoms with Crippen LogP contribution in [-0.2, 0) is 25.9 Å². The lowest BCUT2D eigenvalue weighted by Crippen LogP contribution is -2.34. The maximum atomic E-state index is 13.9. The second-order valence-corrected chi connectivity index (χ2v) is 9.17. The third kappa shape index (κ3) is 3.94. The van der Waals surface area contributed by atoms with E-state index in [0.29, 0.717) is 18.7 Å². The molecule has 0 amide bonds. The maximum Gasteiger partial charge on any atom is 0.262 e. The molecule has 2 aromatic heterocycles. The van der Waals surface area contributed by atoms with E-state index in [-0.39, 0.29) is 17.4 Å². The highest BCUT2D eigenvalue weighted by Gasteiger charge is 2.25. The van der Waals surface area contributed by atoms with Crippen LogP contribution in [0.15, 0.2) is 59.7 Å². The van der Waals surface area contributed by atoms with Crippen LogP contribution in [0.1, 0.15) is 28.0 Å². The van der Waals surface area contributed by atoms with Crippen LogP contribution in [0.5, 0.6) is 5.75 Å². The van der Waals surface area contributed by atoms with Crippen LogP contribution >= 0.6 is 11.3 Å². The molecule has 0 fully saturated rings. The standard InChI is InChI=1S/C25H24FN3O2S/c1-31-21-9-5-3-7-17(21)14-29-15-28-24-23(25(29)30)19-11-10-18(12-22(19)32-24)27-13-16-6-2-4-8-20(16)26/h2-9,15,18,27H,10-14H2,1H3. The SMILES string of the molecule is COc1ccccc1Cn1cnc2sc3c(c2c1=O)CCC(NCc1ccccc1F)C3. The van der Waals surface area contributed by atoms with Crippen LogP contribution in [0, 0.1) is 5.82 Å². The van der Waals surface area contributed by atoms with Gasteiger partial charge < -0.3 is 10.1 Å². The van der Waals surface area contributed by atoms with Gasteiger partial charge in [-0.15, -0.1) is 11.3 Å². The number of aryl methyl sites for hydroxylation is 1. The number of nitrogens with zero attached hydrogens (tertiary/aromatic N) is 2. The van der Waals surface area contributed by atoms with E-state index in [4.69, 9.17) is 4.74 Å². The first-order chi connectivity index (χ1) is 15.6. The summed E-state index contributed by atoms with van der Waals surface area (Å²) in [5, 5.41) is 4.23. The predicted molar refractivity (Wildman–Crippen MR) is 125 cm³/mol. The molecule has 1 N–H and O–H groups in total. The molecule has 164 valence electrons. The van der Waals surface area contributed by atoms with E-state index >= 15 is 0 Å². The molecule has 1 aliphatic rings. The number of benzene rings is 2. The number of halogens is 1. The van der Waals surface area contributed by atoms with Gasteiger partial charge in [0.05, 0.1) is 25.4 Å². The van der Waals surface area contributed by atoms with Gasteiger partial charge in [0.1, 0.15) is 16.4 Å². The lowest BCUT2D eigenvalue weighted by Gasteiger charge is -2.23. The lowest BCUT2D eigenvalue weighted by atomic mass is 9.93. The summed E-state index contributed by atoms with van der Waals surface area (Å²) in [6.45, 7) is 0.921. The van der Waals surface area contributed by atoms with Gasteiger partial charge in [-0.25, -0.2) is 9.37 Å². The highest BCUT2D eigenvalue weighted by molar-refractivity contribution is 7.18. The number of para-hydroxylation sites is 1. The molecule has 5 nitrogen and oxygen atoms in total. The number of aromatic nitrogens is 2. The summed E-state index contributed by atoms with van der Waals surface area (Å²) in [7, 11) is 1.63. The van der Waals surface area contributed by atoms with Crippen LogP contribution in [-0.4, -0.2) is 22.7 Å². The van der Waals surface area contributed by atoms with Crippen molar-refractivity contribution in [3.63, 3.8) is 0 Å². The largest absolute Gasteiger partial charge is 0.496 e. The van der Waals surface area contributed by atoms with E-state index in [0.717, 1.165) is 46.4 Å². The highest BCUT2D eigenvalue weighted by Crippen LogP contribution is 2.34. The minimum Gasteiger partial charge on any atom is -0.496 e. The molecule has 0 aliphatic heterocycles. The van der Waals surface area contributed by atoms with Gasteiger partial charge in [0.2, 0.25) is 0 Å². The molecule has 7 heteroatoms. The topological polar surface area (TPSA) is 56.2 Å². The Morgan fingerprint density at radius 3 is 2.78 bits per heavy atom. The second kappa shape index (κ2) is 8.84. The third-order valence-electron chi connectivity index (χ3n) is 6.11. The van der Waals surface area contributed by atoms with Crippen molar-refractivity contribution in [2.24, 2.45) is 0 Å². The van der Waals surface area contributed by atoms with Gasteiger partial charge >= 0.3 is 0 Å². The summed E-state index contributed by atoms with van der Waals surface area (Å²) < 4.78 is 21.0. The van der Waals surface area contributed by atoms with Gasteiger partial charge in [0.15, 0.2) is 0 Å². The number of hydrogen-bond acceptors (Lipinski definition) is 5. The Labute approximate surface area is 189 Å². The van der Waals surface area contributed by atoms with E-state index in [1.165, 1.54) is 10.9 Å². The van der Waals surface area contributed by atoms with Crippen LogP contribution in [0.25, 0.3) is 10.2 Å². The first-order valence-electron chi connectivity index (χ1n) is 10.7. The molecule has 2 aromatic carbocycles. The van der Waals surface area contributed by atoms with Gasteiger partial charge in [-0.1, -0.05) is 36.4 Å². The highest BCUT2D eigenvalue weighted by atomic mass is 32.1. The molecule has 0 radical (unpaired) electrons. The number of thiophene rings is 1. The molecule has 1 unspecified atom stereocenters. The molecule has 1 atom stereocenters. The third-order valence-corrected chi connectivity index (χ3v) is 7.27. The van der Waals surface area contributed by atoms with Crippen molar-refractivity contribution in [3.8, 4) is 5.75 Å². The molecule has 0 bridgehead atoms. The maximum absolute atomic E-state index is 13.9. The van der Waals surface area contributed by atoms with Crippen molar-refractivity contribution in [2.75, 3.05) is 7.11 Å². The van der Waals surface area contributed by atoms with Crippen molar-refractivity contribution < 1.29 is 9.13 Å². The number of methoxy groups -OCH3 is 1. The number of hydrogen-bond donors (Lipinski definition) is 1. The number of ether oxygens (including phenoxy) is 1. The van der Waals surface area contributed by atoms with E-state index in [2.05, 4.69) is 10.3 Å². The number of nitrogens with one attached hydrogen (secondary N) is 1. The fraction of sp³-hybridized carbons (Fsp3) is 0.280. The minimum absolute atomic E-state index is 0.00354. The van der Waals surface area contributed by atoms with Crippen LogP contribution < -0.4 is 15.6 Å². The summed E-state index contributed by atoms with van der Waals surface area (Å²) in [4.78, 5) is 19.9. The number of fused-ring (bicyclic) bond motifs is 3. The smallest absolute Gasteiger partial charge is 0.262 e. The molecule has 5 rings (SSSR count). The van der Waals surface area contributed by atoms with Crippen molar-refractivity contribution in [1.29, 1.82) is 0 Å². The summed E-state index contributed by atoms with van der Waals surface area (Å²) in [6, 6.07) is 14.8. The Morgan fingerprint density at radius 2 is 1.97 bits per heavy atom. The van der Waals surface area contributed by atoms with Crippen molar-refractivity contribution in [2.45, 2.75) is 38.4 Å². The molecular formula is C25H24FN3O2S. The Bertz CT molecular complexity index is 1330. The van der Waals surface area contributed by atoms with Crippen molar-refractivity contribution >= 4 is 21.6 Å². The van der Waals surface area contributed by atoms with Gasteiger partial charge in [0, 0.05) is 28.6 Å². The van der Waals surface area contributed by atoms with Crippen LogP contribution in [0.2, 0.25) is 0 Å². The Kier molecular flexibility index (Phi) is 5.76. The Hall–Kier alpha value is -3.03. The Balaban J connectivity index is 1.38. The van der Waals surface area contributed by atoms with Gasteiger partial charge in [-0.2, -0.15) is 0 Å². The van der Waals surface area contributed by atoms with Crippen molar-refractivity contribution in [1.82, 2.24) is 14.9 Å². The first kappa shape index (κ1) is 20.8. The van der Waals surface area contributed by atoms with Gasteiger partial charge in [-0.3, -0.25) is 9.36 Å². The molecule has 0 saturated carbocycles. The monoisotopic (exact) mass is 449 g/mol. The molecule has 1 aliphatic carbocycles. The molecule has 0 spiro atoms. The Morgan fingerprint density at radius 1 is 1.19 bits per heavy atom. The second-order valence-electron chi connectivity index (χ2n) is 8.09. The average molecular weight is 450 g/mol. The molecule has 4 aromatic rings. The quantitative estimate of drug-likeness (QED) is 0.477. The summed E-state index contributed by atoms with van der Waals surface area (Å²) in [5.41, 5.74) is 2.74. The normalized spacial score (nSPS) is 15.6. The zero-order valence-corrected chi connectivity index (χ0v) is 18.6. The molecule has 0 saturated heterocycles. The zero-order chi connectivity index (χ0) is 22.1. The van der Waals surface area contributed by atoms with Crippen molar-refractivity contribution in [3.05, 3.63) is 92.6 Å². The predicted octanol–water partition coefficient (Wildman–Crippen LogP) is 4.30. The van der Waals surface area contributed by atoms with Gasteiger partial charge in [0.25, 0.3) is 5.56 Å². The van der Waals surface area contributed by atoms with E-state index in [1.807, 2.05) is 36.4 Å². The van der Waals surface area contributed by atoms with Crippen LogP contribution in [0.4, 0.5) is 4.39 Å². The van der Waals surface area contributed by atoms with E-state index < -0.39 is 0 Å².